The highest BCUT2D eigenvalue weighted by atomic mass is 16.3. The summed E-state index contributed by atoms with van der Waals surface area (Å²) in [5.74, 6) is 0.0592. The van der Waals surface area contributed by atoms with E-state index in [0.29, 0.717) is 22.8 Å². The Kier molecular flexibility index (Phi) is 5.12. The summed E-state index contributed by atoms with van der Waals surface area (Å²) in [6, 6.07) is 19.5. The lowest BCUT2D eigenvalue weighted by molar-refractivity contribution is 0.0995. The van der Waals surface area contributed by atoms with E-state index in [1.54, 1.807) is 47.0 Å². The van der Waals surface area contributed by atoms with E-state index < -0.39 is 0 Å². The molecular formula is C24H18N6O3. The van der Waals surface area contributed by atoms with E-state index in [1.165, 1.54) is 12.7 Å². The third-order valence-corrected chi connectivity index (χ3v) is 5.03. The van der Waals surface area contributed by atoms with Crippen LogP contribution in [0.15, 0.2) is 83.8 Å². The van der Waals surface area contributed by atoms with Gasteiger partial charge in [-0.25, -0.2) is 4.98 Å². The van der Waals surface area contributed by atoms with Crippen molar-refractivity contribution in [2.24, 2.45) is 0 Å². The Morgan fingerprint density at radius 1 is 0.879 bits per heavy atom. The van der Waals surface area contributed by atoms with E-state index in [1.807, 2.05) is 31.2 Å². The van der Waals surface area contributed by atoms with Crippen LogP contribution in [0.5, 0.6) is 0 Å². The second kappa shape index (κ2) is 8.39. The number of pyridine rings is 1. The molecule has 0 fully saturated rings. The number of amides is 2. The second-order valence-corrected chi connectivity index (χ2v) is 7.34. The van der Waals surface area contributed by atoms with Gasteiger partial charge in [0.25, 0.3) is 11.8 Å². The lowest BCUT2D eigenvalue weighted by Crippen LogP contribution is -2.15. The summed E-state index contributed by atoms with van der Waals surface area (Å²) in [6.45, 7) is 1.84. The van der Waals surface area contributed by atoms with Gasteiger partial charge in [-0.1, -0.05) is 24.3 Å². The van der Waals surface area contributed by atoms with Crippen molar-refractivity contribution in [2.75, 3.05) is 10.6 Å². The van der Waals surface area contributed by atoms with Gasteiger partial charge in [0.15, 0.2) is 5.76 Å². The van der Waals surface area contributed by atoms with Crippen molar-refractivity contribution in [3.05, 3.63) is 96.4 Å². The molecule has 0 radical (unpaired) electrons. The van der Waals surface area contributed by atoms with Crippen LogP contribution < -0.4 is 10.6 Å². The molecule has 5 aromatic rings. The third-order valence-electron chi connectivity index (χ3n) is 5.03. The zero-order chi connectivity index (χ0) is 22.8. The number of nitrogens with one attached hydrogen (secondary N) is 2. The van der Waals surface area contributed by atoms with Crippen molar-refractivity contribution in [3.63, 3.8) is 0 Å². The van der Waals surface area contributed by atoms with Crippen LogP contribution in [0.2, 0.25) is 0 Å². The number of aromatic nitrogens is 4. The number of hydrogen-bond donors (Lipinski definition) is 2. The summed E-state index contributed by atoms with van der Waals surface area (Å²) in [5.41, 5.74) is 2.88. The van der Waals surface area contributed by atoms with Crippen LogP contribution in [0.1, 0.15) is 26.6 Å². The molecule has 0 atom stereocenters. The number of fused-ring (bicyclic) bond motifs is 1. The number of para-hydroxylation sites is 1. The van der Waals surface area contributed by atoms with Crippen molar-refractivity contribution in [1.82, 2.24) is 19.7 Å². The van der Waals surface area contributed by atoms with Gasteiger partial charge in [-0.05, 0) is 55.0 Å². The first-order valence-corrected chi connectivity index (χ1v) is 10.1. The fourth-order valence-electron chi connectivity index (χ4n) is 3.37. The van der Waals surface area contributed by atoms with Gasteiger partial charge in [0.1, 0.15) is 29.7 Å². The van der Waals surface area contributed by atoms with Crippen LogP contribution in [-0.4, -0.2) is 31.6 Å². The fraction of sp³-hybridized carbons (Fsp3) is 0.0417. The smallest absolute Gasteiger partial charge is 0.291 e. The number of carbonyl (C=O) groups is 2. The normalized spacial score (nSPS) is 10.8. The number of nitrogens with zero attached hydrogens (tertiary/aromatic N) is 4. The molecular weight excluding hydrogens is 420 g/mol. The van der Waals surface area contributed by atoms with E-state index in [0.717, 1.165) is 10.9 Å². The monoisotopic (exact) mass is 438 g/mol. The summed E-state index contributed by atoms with van der Waals surface area (Å²) in [7, 11) is 0. The zero-order valence-corrected chi connectivity index (χ0v) is 17.5. The average molecular weight is 438 g/mol. The minimum Gasteiger partial charge on any atom is -0.451 e. The second-order valence-electron chi connectivity index (χ2n) is 7.34. The maximum absolute atomic E-state index is 12.7. The summed E-state index contributed by atoms with van der Waals surface area (Å²) >= 11 is 0. The first-order valence-electron chi connectivity index (χ1n) is 10.1. The molecule has 0 bridgehead atoms. The molecule has 0 saturated carbocycles. The first kappa shape index (κ1) is 20.1. The summed E-state index contributed by atoms with van der Waals surface area (Å²) < 4.78 is 7.23. The lowest BCUT2D eigenvalue weighted by atomic mass is 10.1. The first-order chi connectivity index (χ1) is 16.1. The number of hydrogen-bond acceptors (Lipinski definition) is 6. The average Bonchev–Trinajstić information content (AvgIpc) is 3.51. The standard InChI is InChI=1S/C24H18N6O3/c1-15-11-17(27-23(31)19-6-4-8-22(28-19)30-13-25-26-14-30)9-10-18(15)29-24(32)21-12-16-5-2-3-7-20(16)33-21/h2-14H,1H3,(H,27,31)(H,29,32). The minimum atomic E-state index is -0.358. The molecule has 33 heavy (non-hydrogen) atoms. The Labute approximate surface area is 188 Å². The van der Waals surface area contributed by atoms with E-state index >= 15 is 0 Å². The van der Waals surface area contributed by atoms with E-state index in [4.69, 9.17) is 4.42 Å². The topological polar surface area (TPSA) is 115 Å². The molecule has 0 spiro atoms. The van der Waals surface area contributed by atoms with Gasteiger partial charge < -0.3 is 15.1 Å². The van der Waals surface area contributed by atoms with Crippen LogP contribution >= 0.6 is 0 Å². The summed E-state index contributed by atoms with van der Waals surface area (Å²) in [5, 5.41) is 14.0. The van der Waals surface area contributed by atoms with E-state index in [9.17, 15) is 9.59 Å². The molecule has 162 valence electrons. The maximum Gasteiger partial charge on any atom is 0.291 e. The molecule has 3 aromatic heterocycles. The van der Waals surface area contributed by atoms with Crippen molar-refractivity contribution < 1.29 is 14.0 Å². The maximum atomic E-state index is 12.7. The lowest BCUT2D eigenvalue weighted by Gasteiger charge is -2.11. The molecule has 9 heteroatoms. The highest BCUT2D eigenvalue weighted by molar-refractivity contribution is 6.06. The van der Waals surface area contributed by atoms with E-state index in [-0.39, 0.29) is 23.3 Å². The van der Waals surface area contributed by atoms with Gasteiger partial charge in [-0.3, -0.25) is 14.2 Å². The van der Waals surface area contributed by atoms with E-state index in [2.05, 4.69) is 25.8 Å². The van der Waals surface area contributed by atoms with Crippen LogP contribution in [-0.2, 0) is 0 Å². The highest BCUT2D eigenvalue weighted by Crippen LogP contribution is 2.23. The van der Waals surface area contributed by atoms with Gasteiger partial charge in [0.2, 0.25) is 0 Å². The highest BCUT2D eigenvalue weighted by Gasteiger charge is 2.14. The Morgan fingerprint density at radius 2 is 1.70 bits per heavy atom. The Morgan fingerprint density at radius 3 is 2.48 bits per heavy atom. The SMILES string of the molecule is Cc1cc(NC(=O)c2cccc(-n3cnnc3)n2)ccc1NC(=O)c1cc2ccccc2o1. The van der Waals surface area contributed by atoms with Crippen LogP contribution in [0.4, 0.5) is 11.4 Å². The largest absolute Gasteiger partial charge is 0.451 e. The number of aryl methyl sites for hydroxylation is 1. The van der Waals surface area contributed by atoms with Gasteiger partial charge >= 0.3 is 0 Å². The molecule has 2 aromatic carbocycles. The predicted molar refractivity (Wildman–Crippen MR) is 122 cm³/mol. The molecule has 0 aliphatic carbocycles. The zero-order valence-electron chi connectivity index (χ0n) is 17.5. The molecule has 9 nitrogen and oxygen atoms in total. The molecule has 3 heterocycles. The molecule has 2 amide bonds. The number of rotatable bonds is 5. The molecule has 2 N–H and O–H groups in total. The molecule has 0 aliphatic heterocycles. The quantitative estimate of drug-likeness (QED) is 0.425. The Hall–Kier alpha value is -4.79. The Balaban J connectivity index is 1.29. The predicted octanol–water partition coefficient (Wildman–Crippen LogP) is 4.22. The number of anilines is 2. The summed E-state index contributed by atoms with van der Waals surface area (Å²) in [6.07, 6.45) is 3.01. The van der Waals surface area contributed by atoms with Gasteiger partial charge in [-0.2, -0.15) is 0 Å². The number of benzene rings is 2. The number of carbonyl (C=O) groups excluding carboxylic acids is 2. The van der Waals surface area contributed by atoms with Gasteiger partial charge in [-0.15, -0.1) is 10.2 Å². The van der Waals surface area contributed by atoms with Crippen molar-refractivity contribution in [3.8, 4) is 5.82 Å². The fourth-order valence-corrected chi connectivity index (χ4v) is 3.37. The minimum absolute atomic E-state index is 0.229. The van der Waals surface area contributed by atoms with Crippen LogP contribution in [0, 0.1) is 6.92 Å². The molecule has 0 saturated heterocycles. The molecule has 0 unspecified atom stereocenters. The summed E-state index contributed by atoms with van der Waals surface area (Å²) in [4.78, 5) is 29.6. The van der Waals surface area contributed by atoms with Crippen molar-refractivity contribution in [1.29, 1.82) is 0 Å². The number of furan rings is 1. The Bertz CT molecular complexity index is 1440. The van der Waals surface area contributed by atoms with Gasteiger partial charge in [0.05, 0.1) is 0 Å². The van der Waals surface area contributed by atoms with Crippen LogP contribution in [0.25, 0.3) is 16.8 Å². The van der Waals surface area contributed by atoms with Crippen molar-refractivity contribution in [2.45, 2.75) is 6.92 Å². The van der Waals surface area contributed by atoms with Gasteiger partial charge in [0, 0.05) is 16.8 Å². The molecule has 5 rings (SSSR count). The van der Waals surface area contributed by atoms with Crippen molar-refractivity contribution >= 4 is 34.2 Å². The van der Waals surface area contributed by atoms with Crippen LogP contribution in [0.3, 0.4) is 0 Å². The third kappa shape index (κ3) is 4.19. The molecule has 0 aliphatic rings.